The first-order valence-corrected chi connectivity index (χ1v) is 6.70. The van der Waals surface area contributed by atoms with Crippen LogP contribution in [0.3, 0.4) is 0 Å². The smallest absolute Gasteiger partial charge is 0.280 e. The lowest BCUT2D eigenvalue weighted by molar-refractivity contribution is -0.394. The minimum absolute atomic E-state index is 0.169. The first-order valence-electron chi connectivity index (χ1n) is 6.70. The first-order chi connectivity index (χ1) is 9.88. The largest absolute Gasteiger partial charge is 0.393 e. The van der Waals surface area contributed by atoms with Gasteiger partial charge in [0.2, 0.25) is 0 Å². The highest BCUT2D eigenvalue weighted by Crippen LogP contribution is 2.28. The molecule has 1 heterocycles. The van der Waals surface area contributed by atoms with Gasteiger partial charge in [-0.1, -0.05) is 0 Å². The van der Waals surface area contributed by atoms with Gasteiger partial charge in [-0.3, -0.25) is 25.1 Å². The highest BCUT2D eigenvalue weighted by atomic mass is 16.6. The Bertz CT molecular complexity index is 561. The summed E-state index contributed by atoms with van der Waals surface area (Å²) in [6.07, 6.45) is 0.445. The lowest BCUT2D eigenvalue weighted by atomic mass is 10.0. The predicted octanol–water partition coefficient (Wildman–Crippen LogP) is 1.71. The Hall–Kier alpha value is -2.06. The minimum atomic E-state index is -0.643. The molecule has 1 saturated heterocycles. The van der Waals surface area contributed by atoms with Crippen LogP contribution in [0.1, 0.15) is 18.9 Å². The number of hydrogen-bond acceptors (Lipinski definition) is 6. The van der Waals surface area contributed by atoms with Crippen LogP contribution in [0.4, 0.5) is 11.4 Å². The second-order valence-corrected chi connectivity index (χ2v) is 5.35. The Morgan fingerprint density at radius 3 is 2.62 bits per heavy atom. The Balaban J connectivity index is 2.17. The van der Waals surface area contributed by atoms with E-state index in [4.69, 9.17) is 0 Å². The van der Waals surface area contributed by atoms with Crippen LogP contribution in [0.2, 0.25) is 0 Å². The van der Waals surface area contributed by atoms with E-state index in [-0.39, 0.29) is 17.3 Å². The summed E-state index contributed by atoms with van der Waals surface area (Å²) in [4.78, 5) is 22.5. The standard InChI is InChI=1S/C13H17N3O5/c1-9(17)10-4-5-14(7-10)8-11-2-3-12(15(18)19)6-13(11)16(20)21/h2-3,6,9-10,17H,4-5,7-8H2,1H3. The molecular weight excluding hydrogens is 278 g/mol. The van der Waals surface area contributed by atoms with Crippen molar-refractivity contribution in [3.8, 4) is 0 Å². The number of nitro benzene ring substituents is 2. The Morgan fingerprint density at radius 2 is 2.10 bits per heavy atom. The topological polar surface area (TPSA) is 110 Å². The van der Waals surface area contributed by atoms with Gasteiger partial charge in [0.05, 0.1) is 22.0 Å². The molecule has 1 N–H and O–H groups in total. The molecule has 8 nitrogen and oxygen atoms in total. The fourth-order valence-electron chi connectivity index (χ4n) is 2.61. The number of benzene rings is 1. The molecule has 1 aliphatic heterocycles. The maximum absolute atomic E-state index is 11.1. The summed E-state index contributed by atoms with van der Waals surface area (Å²) in [6, 6.07) is 3.72. The van der Waals surface area contributed by atoms with E-state index in [9.17, 15) is 25.3 Å². The molecule has 2 atom stereocenters. The van der Waals surface area contributed by atoms with Crippen molar-refractivity contribution >= 4 is 11.4 Å². The van der Waals surface area contributed by atoms with Gasteiger partial charge in [-0.25, -0.2) is 0 Å². The third-order valence-corrected chi connectivity index (χ3v) is 3.86. The number of aliphatic hydroxyl groups is 1. The lowest BCUT2D eigenvalue weighted by Crippen LogP contribution is -2.24. The molecule has 0 aliphatic carbocycles. The molecule has 114 valence electrons. The average molecular weight is 295 g/mol. The first kappa shape index (κ1) is 15.3. The number of nitrogens with zero attached hydrogens (tertiary/aromatic N) is 3. The molecule has 2 unspecified atom stereocenters. The summed E-state index contributed by atoms with van der Waals surface area (Å²) in [5, 5.41) is 31.3. The minimum Gasteiger partial charge on any atom is -0.393 e. The monoisotopic (exact) mass is 295 g/mol. The fourth-order valence-corrected chi connectivity index (χ4v) is 2.61. The van der Waals surface area contributed by atoms with E-state index >= 15 is 0 Å². The molecule has 0 radical (unpaired) electrons. The van der Waals surface area contributed by atoms with E-state index in [2.05, 4.69) is 0 Å². The number of hydrogen-bond donors (Lipinski definition) is 1. The number of nitro groups is 2. The molecule has 0 saturated carbocycles. The molecule has 0 amide bonds. The predicted molar refractivity (Wildman–Crippen MR) is 74.8 cm³/mol. The van der Waals surface area contributed by atoms with Gasteiger partial charge in [-0.15, -0.1) is 0 Å². The van der Waals surface area contributed by atoms with Gasteiger partial charge in [0, 0.05) is 24.7 Å². The van der Waals surface area contributed by atoms with Crippen molar-refractivity contribution in [1.29, 1.82) is 0 Å². The number of rotatable bonds is 5. The highest BCUT2D eigenvalue weighted by Gasteiger charge is 2.28. The van der Waals surface area contributed by atoms with E-state index < -0.39 is 16.0 Å². The second kappa shape index (κ2) is 6.15. The molecule has 1 aliphatic rings. The molecule has 0 spiro atoms. The number of likely N-dealkylation sites (tertiary alicyclic amines) is 1. The summed E-state index contributed by atoms with van der Waals surface area (Å²) in [7, 11) is 0. The van der Waals surface area contributed by atoms with Gasteiger partial charge in [-0.2, -0.15) is 0 Å². The number of non-ortho nitro benzene ring substituents is 1. The Morgan fingerprint density at radius 1 is 1.38 bits per heavy atom. The van der Waals surface area contributed by atoms with Gasteiger partial charge >= 0.3 is 0 Å². The summed E-state index contributed by atoms with van der Waals surface area (Å²) in [6.45, 7) is 3.52. The van der Waals surface area contributed by atoms with Crippen LogP contribution in [0.15, 0.2) is 18.2 Å². The van der Waals surface area contributed by atoms with Gasteiger partial charge in [0.25, 0.3) is 11.4 Å². The quantitative estimate of drug-likeness (QED) is 0.654. The zero-order chi connectivity index (χ0) is 15.6. The number of aliphatic hydroxyl groups excluding tert-OH is 1. The fraction of sp³-hybridized carbons (Fsp3) is 0.538. The molecule has 1 aromatic rings. The average Bonchev–Trinajstić information content (AvgIpc) is 2.87. The zero-order valence-electron chi connectivity index (χ0n) is 11.6. The van der Waals surface area contributed by atoms with Crippen molar-refractivity contribution in [1.82, 2.24) is 4.90 Å². The summed E-state index contributed by atoms with van der Waals surface area (Å²) in [5.41, 5.74) is -0.0599. The van der Waals surface area contributed by atoms with E-state index in [1.165, 1.54) is 12.1 Å². The van der Waals surface area contributed by atoms with Crippen LogP contribution >= 0.6 is 0 Å². The summed E-state index contributed by atoms with van der Waals surface area (Å²) >= 11 is 0. The van der Waals surface area contributed by atoms with Crippen LogP contribution in [0.25, 0.3) is 0 Å². The molecule has 1 fully saturated rings. The van der Waals surface area contributed by atoms with E-state index in [0.29, 0.717) is 18.7 Å². The van der Waals surface area contributed by atoms with Crippen LogP contribution < -0.4 is 0 Å². The van der Waals surface area contributed by atoms with E-state index in [1.54, 1.807) is 6.92 Å². The second-order valence-electron chi connectivity index (χ2n) is 5.35. The van der Waals surface area contributed by atoms with Crippen molar-refractivity contribution in [2.24, 2.45) is 5.92 Å². The third-order valence-electron chi connectivity index (χ3n) is 3.86. The molecule has 1 aromatic carbocycles. The molecular formula is C13H17N3O5. The molecule has 21 heavy (non-hydrogen) atoms. The zero-order valence-corrected chi connectivity index (χ0v) is 11.6. The van der Waals surface area contributed by atoms with Crippen molar-refractivity contribution in [3.05, 3.63) is 44.0 Å². The van der Waals surface area contributed by atoms with Crippen LogP contribution in [-0.4, -0.2) is 39.0 Å². The van der Waals surface area contributed by atoms with Crippen LogP contribution in [0, 0.1) is 26.1 Å². The molecule has 0 bridgehead atoms. The van der Waals surface area contributed by atoms with Gasteiger partial charge in [0.15, 0.2) is 0 Å². The van der Waals surface area contributed by atoms with Crippen molar-refractivity contribution in [3.63, 3.8) is 0 Å². The SMILES string of the molecule is CC(O)C1CCN(Cc2ccc([N+](=O)[O-])cc2[N+](=O)[O-])C1. The normalized spacial score (nSPS) is 20.4. The van der Waals surface area contributed by atoms with Gasteiger partial charge in [0.1, 0.15) is 0 Å². The molecule has 2 rings (SSSR count). The third kappa shape index (κ3) is 3.53. The van der Waals surface area contributed by atoms with Gasteiger partial charge in [-0.05, 0) is 31.9 Å². The highest BCUT2D eigenvalue weighted by molar-refractivity contribution is 5.49. The molecule has 0 aromatic heterocycles. The summed E-state index contributed by atoms with van der Waals surface area (Å²) in [5.74, 6) is 0.169. The van der Waals surface area contributed by atoms with Crippen molar-refractivity contribution in [2.45, 2.75) is 26.0 Å². The maximum atomic E-state index is 11.1. The van der Waals surface area contributed by atoms with Crippen LogP contribution in [0.5, 0.6) is 0 Å². The van der Waals surface area contributed by atoms with E-state index in [0.717, 1.165) is 19.0 Å². The molecule has 8 heteroatoms. The summed E-state index contributed by atoms with van der Waals surface area (Å²) < 4.78 is 0. The Labute approximate surface area is 121 Å². The maximum Gasteiger partial charge on any atom is 0.280 e. The van der Waals surface area contributed by atoms with Gasteiger partial charge < -0.3 is 5.11 Å². The van der Waals surface area contributed by atoms with Crippen LogP contribution in [-0.2, 0) is 6.54 Å². The van der Waals surface area contributed by atoms with Crippen molar-refractivity contribution in [2.75, 3.05) is 13.1 Å². The Kier molecular flexibility index (Phi) is 4.49. The van der Waals surface area contributed by atoms with Crippen molar-refractivity contribution < 1.29 is 15.0 Å². The van der Waals surface area contributed by atoms with E-state index in [1.807, 2.05) is 4.90 Å². The lowest BCUT2D eigenvalue weighted by Gasteiger charge is -2.17.